The van der Waals surface area contributed by atoms with Crippen LogP contribution in [0, 0.1) is 37.9 Å². The van der Waals surface area contributed by atoms with Gasteiger partial charge in [-0.05, 0) is 65.8 Å². The average Bonchev–Trinajstić information content (AvgIpc) is 3.64. The molecule has 258 valence electrons. The largest absolute Gasteiger partial charge is 3.00 e. The molecular weight excluding hydrogens is 834 g/mol. The second-order valence-corrected chi connectivity index (χ2v) is 11.7. The number of furan rings is 1. The van der Waals surface area contributed by atoms with Gasteiger partial charge in [0, 0.05) is 24.0 Å². The average molecular weight is 872 g/mol. The van der Waals surface area contributed by atoms with Crippen LogP contribution in [-0.4, -0.2) is 15.0 Å². The molecule has 0 saturated heterocycles. The van der Waals surface area contributed by atoms with Crippen LogP contribution < -0.4 is 0 Å². The molecular formula is C47H33FIrN3O. The molecule has 9 rings (SSSR count). The zero-order valence-corrected chi connectivity index (χ0v) is 31.1. The van der Waals surface area contributed by atoms with Crippen molar-refractivity contribution in [3.8, 4) is 44.9 Å². The van der Waals surface area contributed by atoms with Crippen molar-refractivity contribution < 1.29 is 35.8 Å². The van der Waals surface area contributed by atoms with E-state index in [1.165, 1.54) is 17.2 Å². The molecule has 0 aliphatic rings. The van der Waals surface area contributed by atoms with Gasteiger partial charge in [-0.3, -0.25) is 0 Å². The molecule has 0 unspecified atom stereocenters. The Morgan fingerprint density at radius 1 is 0.585 bits per heavy atom. The van der Waals surface area contributed by atoms with Crippen molar-refractivity contribution in [2.45, 2.75) is 13.8 Å². The summed E-state index contributed by atoms with van der Waals surface area (Å²) in [5, 5.41) is 1.24. The molecule has 0 saturated carbocycles. The Bertz CT molecular complexity index is 2700. The van der Waals surface area contributed by atoms with E-state index in [2.05, 4.69) is 45.3 Å². The third-order valence-corrected chi connectivity index (χ3v) is 8.01. The number of hydrogen-bond donors (Lipinski definition) is 0. The van der Waals surface area contributed by atoms with Crippen LogP contribution in [0.25, 0.3) is 66.8 Å². The molecule has 4 nitrogen and oxygen atoms in total. The molecule has 0 bridgehead atoms. The zero-order valence-electron chi connectivity index (χ0n) is 33.7. The van der Waals surface area contributed by atoms with Gasteiger partial charge in [0.1, 0.15) is 11.4 Å². The third-order valence-electron chi connectivity index (χ3n) is 8.01. The Kier molecular flexibility index (Phi) is 10.0. The minimum absolute atomic E-state index is 0. The number of nitrogens with zero attached hydrogens (tertiary/aromatic N) is 3. The first-order valence-electron chi connectivity index (χ1n) is 19.0. The summed E-state index contributed by atoms with van der Waals surface area (Å²) in [6.07, 6.45) is 5.38. The minimum atomic E-state index is -0.742. The molecule has 0 atom stereocenters. The van der Waals surface area contributed by atoms with E-state index < -0.39 is 36.0 Å². The molecule has 0 radical (unpaired) electrons. The second-order valence-electron chi connectivity index (χ2n) is 11.7. The molecule has 4 aromatic heterocycles. The first-order valence-corrected chi connectivity index (χ1v) is 16.5. The van der Waals surface area contributed by atoms with Crippen LogP contribution in [0.5, 0.6) is 0 Å². The fourth-order valence-corrected chi connectivity index (χ4v) is 5.45. The van der Waals surface area contributed by atoms with Crippen LogP contribution in [0.2, 0.25) is 0 Å². The van der Waals surface area contributed by atoms with Crippen molar-refractivity contribution in [3.05, 3.63) is 199 Å². The zero-order chi connectivity index (χ0) is 40.1. The van der Waals surface area contributed by atoms with Crippen molar-refractivity contribution in [1.82, 2.24) is 15.0 Å². The molecule has 4 heterocycles. The number of rotatable bonds is 4. The van der Waals surface area contributed by atoms with Crippen molar-refractivity contribution in [2.75, 3.05) is 0 Å². The van der Waals surface area contributed by atoms with E-state index in [1.54, 1.807) is 36.5 Å². The van der Waals surface area contributed by atoms with Gasteiger partial charge in [0.05, 0.1) is 18.0 Å². The summed E-state index contributed by atoms with van der Waals surface area (Å²) in [6.45, 7) is 4.07. The first-order chi connectivity index (χ1) is 27.6. The van der Waals surface area contributed by atoms with Crippen molar-refractivity contribution in [3.63, 3.8) is 0 Å². The van der Waals surface area contributed by atoms with E-state index in [9.17, 15) is 0 Å². The van der Waals surface area contributed by atoms with Gasteiger partial charge in [0.25, 0.3) is 0 Å². The summed E-state index contributed by atoms with van der Waals surface area (Å²) in [7, 11) is 0. The summed E-state index contributed by atoms with van der Waals surface area (Å²) in [5.41, 5.74) is 7.73. The number of benzene rings is 5. The monoisotopic (exact) mass is 872 g/mol. The van der Waals surface area contributed by atoms with Crippen LogP contribution in [0.15, 0.2) is 168 Å². The smallest absolute Gasteiger partial charge is 0.500 e. The van der Waals surface area contributed by atoms with Crippen LogP contribution in [-0.2, 0) is 20.1 Å². The molecule has 0 amide bonds. The van der Waals surface area contributed by atoms with Gasteiger partial charge in [0.15, 0.2) is 0 Å². The summed E-state index contributed by atoms with van der Waals surface area (Å²) in [6, 6.07) is 42.3. The molecule has 5 aromatic carbocycles. The number of aryl methyl sites for hydroxylation is 2. The molecule has 6 heteroatoms. The van der Waals surface area contributed by atoms with Gasteiger partial charge in [-0.15, -0.1) is 90.0 Å². The van der Waals surface area contributed by atoms with Gasteiger partial charge in [0.2, 0.25) is 0 Å². The standard InChI is InChI=1S/C23H13FNO.2C12H10N.Ir/c24-19-13-12-17-16-9-6-10-18(20-11-4-5-14-25-20)22(16)26-23(17)21(19)15-7-2-1-3-8-15;2*1-10-7-8-12(13-9-10)11-5-3-2-4-6-11;/h1-9,11-14H;2*2-5,7-9H,1H3;/q3*-1;+3/i1D,2D,3D,7D,8D;;;. The van der Waals surface area contributed by atoms with Crippen molar-refractivity contribution in [2.24, 2.45) is 0 Å². The topological polar surface area (TPSA) is 51.8 Å². The van der Waals surface area contributed by atoms with Gasteiger partial charge in [-0.2, -0.15) is 0 Å². The third kappa shape index (κ3) is 8.70. The van der Waals surface area contributed by atoms with E-state index in [0.717, 1.165) is 22.5 Å². The molecule has 0 spiro atoms. The first kappa shape index (κ1) is 30.5. The summed E-state index contributed by atoms with van der Waals surface area (Å²) < 4.78 is 61.3. The van der Waals surface area contributed by atoms with Crippen LogP contribution in [0.3, 0.4) is 0 Å². The van der Waals surface area contributed by atoms with Crippen molar-refractivity contribution >= 4 is 21.9 Å². The number of halogens is 1. The molecule has 53 heavy (non-hydrogen) atoms. The van der Waals surface area contributed by atoms with Gasteiger partial charge < -0.3 is 19.4 Å². The van der Waals surface area contributed by atoms with Crippen LogP contribution >= 0.6 is 0 Å². The summed E-state index contributed by atoms with van der Waals surface area (Å²) >= 11 is 0. The van der Waals surface area contributed by atoms with E-state index in [0.29, 0.717) is 27.6 Å². The number of hydrogen-bond acceptors (Lipinski definition) is 4. The summed E-state index contributed by atoms with van der Waals surface area (Å²) in [4.78, 5) is 13.0. The Hall–Kier alpha value is -6.07. The number of pyridine rings is 3. The van der Waals surface area contributed by atoms with Crippen LogP contribution in [0.4, 0.5) is 4.39 Å². The number of fused-ring (bicyclic) bond motifs is 3. The van der Waals surface area contributed by atoms with Gasteiger partial charge in [-0.25, -0.2) is 4.39 Å². The molecule has 0 fully saturated rings. The Morgan fingerprint density at radius 3 is 1.75 bits per heavy atom. The molecule has 0 aliphatic heterocycles. The molecule has 0 N–H and O–H groups in total. The van der Waals surface area contributed by atoms with Crippen LogP contribution in [0.1, 0.15) is 18.0 Å². The maximum Gasteiger partial charge on any atom is 3.00 e. The van der Waals surface area contributed by atoms with Gasteiger partial charge >= 0.3 is 20.1 Å². The second kappa shape index (κ2) is 17.4. The maximum absolute atomic E-state index is 15.1. The Balaban J connectivity index is 0.000000173. The molecule has 0 aliphatic carbocycles. The predicted octanol–water partition coefficient (Wildman–Crippen LogP) is 12.0. The van der Waals surface area contributed by atoms with E-state index >= 15 is 4.39 Å². The normalized spacial score (nSPS) is 11.7. The fraction of sp³-hybridized carbons (Fsp3) is 0.0426. The Labute approximate surface area is 329 Å². The SMILES string of the molecule is Cc1ccc(-c2[c-]cccc2)nc1.Cc1ccc(-c2[c-]cccc2)nc1.[2H]c1c([2H])c([2H])c(-c2c(F)ccc3c2oc2c(-c4ccccn4)[c-]ccc23)c([2H])c1[2H].[Ir+3]. The quantitative estimate of drug-likeness (QED) is 0.165. The molecule has 9 aromatic rings. The van der Waals surface area contributed by atoms with E-state index in [1.807, 2.05) is 93.0 Å². The van der Waals surface area contributed by atoms with Gasteiger partial charge in [-0.1, -0.05) is 77.6 Å². The fourth-order valence-electron chi connectivity index (χ4n) is 5.45. The minimum Gasteiger partial charge on any atom is -0.500 e. The predicted molar refractivity (Wildman–Crippen MR) is 208 cm³/mol. The van der Waals surface area contributed by atoms with Crippen molar-refractivity contribution in [1.29, 1.82) is 0 Å². The number of aromatic nitrogens is 3. The summed E-state index contributed by atoms with van der Waals surface area (Å²) in [5.74, 6) is -0.742. The Morgan fingerprint density at radius 2 is 1.21 bits per heavy atom. The van der Waals surface area contributed by atoms with E-state index in [4.69, 9.17) is 11.3 Å². The maximum atomic E-state index is 15.1. The van der Waals surface area contributed by atoms with E-state index in [-0.39, 0.29) is 36.8 Å².